The van der Waals surface area contributed by atoms with Crippen LogP contribution >= 0.6 is 35.3 Å². The number of para-hydroxylation sites is 2. The van der Waals surface area contributed by atoms with Gasteiger partial charge in [0, 0.05) is 36.6 Å². The fourth-order valence-corrected chi connectivity index (χ4v) is 6.02. The molecule has 6 rings (SSSR count). The molecule has 0 radical (unpaired) electrons. The number of aryl methyl sites for hydroxylation is 2. The molecule has 1 amide bonds. The van der Waals surface area contributed by atoms with Crippen LogP contribution in [0.15, 0.2) is 79.4 Å². The quantitative estimate of drug-likeness (QED) is 0.223. The smallest absolute Gasteiger partial charge is 0.241 e. The molecule has 188 valence electrons. The molecule has 37 heavy (non-hydrogen) atoms. The maximum Gasteiger partial charge on any atom is 0.241 e. The van der Waals surface area contributed by atoms with Crippen LogP contribution in [0.3, 0.4) is 0 Å². The van der Waals surface area contributed by atoms with E-state index in [0.717, 1.165) is 39.9 Å². The van der Waals surface area contributed by atoms with Gasteiger partial charge in [-0.2, -0.15) is 0 Å². The monoisotopic (exact) mass is 550 g/mol. The first-order valence-corrected chi connectivity index (χ1v) is 13.0. The van der Waals surface area contributed by atoms with Crippen LogP contribution in [0.2, 0.25) is 5.02 Å². The number of nitrogens with zero attached hydrogens (tertiary/aromatic N) is 4. The number of hydrogen-bond donors (Lipinski definition) is 0. The predicted molar refractivity (Wildman–Crippen MR) is 151 cm³/mol. The van der Waals surface area contributed by atoms with Crippen LogP contribution in [0.25, 0.3) is 10.2 Å². The van der Waals surface area contributed by atoms with Crippen molar-refractivity contribution in [3.8, 4) is 11.5 Å². The molecule has 3 aromatic carbocycles. The van der Waals surface area contributed by atoms with Crippen molar-refractivity contribution in [2.45, 2.75) is 25.8 Å². The molecule has 5 aromatic rings. The Balaban J connectivity index is 0.00000280. The van der Waals surface area contributed by atoms with E-state index >= 15 is 0 Å². The Morgan fingerprint density at radius 1 is 1.08 bits per heavy atom. The zero-order valence-corrected chi connectivity index (χ0v) is 22.4. The molecule has 0 saturated carbocycles. The van der Waals surface area contributed by atoms with E-state index in [1.807, 2.05) is 83.3 Å². The second kappa shape index (κ2) is 10.5. The molecule has 3 heterocycles. The van der Waals surface area contributed by atoms with Gasteiger partial charge >= 0.3 is 0 Å². The van der Waals surface area contributed by atoms with Crippen LogP contribution < -0.4 is 9.64 Å². The standard InChI is InChI=1S/C28H23ClN4O2S.ClH/c1-18-11-12-21(29)26-25(18)31-28(36-26)33(15-6-14-32-16-13-30-17-32)27(34)24-19-7-2-4-9-22(19)35-23-10-5-3-8-20(23)24;/h2-5,7-13,16-17,24H,6,14-15H2,1H3;1H. The summed E-state index contributed by atoms with van der Waals surface area (Å²) >= 11 is 7.98. The van der Waals surface area contributed by atoms with Crippen LogP contribution in [-0.2, 0) is 11.3 Å². The average Bonchev–Trinajstić information content (AvgIpc) is 3.58. The van der Waals surface area contributed by atoms with Crippen LogP contribution in [0, 0.1) is 6.92 Å². The highest BCUT2D eigenvalue weighted by molar-refractivity contribution is 7.23. The molecule has 0 bridgehead atoms. The van der Waals surface area contributed by atoms with Crippen molar-refractivity contribution < 1.29 is 9.53 Å². The van der Waals surface area contributed by atoms with Gasteiger partial charge < -0.3 is 9.30 Å². The Bertz CT molecular complexity index is 1480. The van der Waals surface area contributed by atoms with Crippen LogP contribution in [0.1, 0.15) is 29.0 Å². The molecule has 0 atom stereocenters. The predicted octanol–water partition coefficient (Wildman–Crippen LogP) is 7.24. The molecule has 9 heteroatoms. The summed E-state index contributed by atoms with van der Waals surface area (Å²) in [6.07, 6.45) is 6.23. The highest BCUT2D eigenvalue weighted by Crippen LogP contribution is 2.46. The third-order valence-corrected chi connectivity index (χ3v) is 8.01. The van der Waals surface area contributed by atoms with Gasteiger partial charge in [-0.15, -0.1) is 12.4 Å². The third-order valence-electron chi connectivity index (χ3n) is 6.47. The third kappa shape index (κ3) is 4.70. The molecule has 0 aliphatic carbocycles. The number of carbonyl (C=O) groups is 1. The first-order valence-electron chi connectivity index (χ1n) is 11.8. The van der Waals surface area contributed by atoms with E-state index < -0.39 is 5.92 Å². The SMILES string of the molecule is Cc1ccc(Cl)c2sc(N(CCCn3ccnc3)C(=O)C3c4ccccc4Oc4ccccc43)nc12.Cl. The maximum absolute atomic E-state index is 14.4. The van der Waals surface area contributed by atoms with Crippen molar-refractivity contribution >= 4 is 56.6 Å². The number of aromatic nitrogens is 3. The average molecular weight is 551 g/mol. The van der Waals surface area contributed by atoms with E-state index in [4.69, 9.17) is 21.3 Å². The number of fused-ring (bicyclic) bond motifs is 3. The Labute approximate surface area is 229 Å². The van der Waals surface area contributed by atoms with Crippen molar-refractivity contribution in [3.05, 3.63) is 101 Å². The first kappa shape index (κ1) is 25.3. The lowest BCUT2D eigenvalue weighted by atomic mass is 9.87. The minimum absolute atomic E-state index is 0. The fraction of sp³-hybridized carbons (Fsp3) is 0.179. The lowest BCUT2D eigenvalue weighted by Gasteiger charge is -2.31. The van der Waals surface area contributed by atoms with Gasteiger partial charge in [-0.05, 0) is 37.1 Å². The topological polar surface area (TPSA) is 60.2 Å². The molecule has 0 unspecified atom stereocenters. The summed E-state index contributed by atoms with van der Waals surface area (Å²) in [5.74, 6) is 0.881. The zero-order chi connectivity index (χ0) is 24.6. The molecule has 2 aromatic heterocycles. The number of halogens is 2. The van der Waals surface area contributed by atoms with E-state index in [0.29, 0.717) is 28.2 Å². The number of hydrogen-bond acceptors (Lipinski definition) is 5. The largest absolute Gasteiger partial charge is 0.457 e. The summed E-state index contributed by atoms with van der Waals surface area (Å²) in [5.41, 5.74) is 3.58. The van der Waals surface area contributed by atoms with Gasteiger partial charge in [-0.1, -0.05) is 65.4 Å². The molecule has 0 N–H and O–H groups in total. The molecule has 0 spiro atoms. The number of amides is 1. The molecule has 1 aliphatic rings. The van der Waals surface area contributed by atoms with Crippen LogP contribution in [-0.4, -0.2) is 27.0 Å². The maximum atomic E-state index is 14.4. The number of thiazole rings is 1. The van der Waals surface area contributed by atoms with Gasteiger partial charge in [0.25, 0.3) is 0 Å². The van der Waals surface area contributed by atoms with E-state index in [1.54, 1.807) is 12.5 Å². The van der Waals surface area contributed by atoms with Gasteiger partial charge in [0.2, 0.25) is 5.91 Å². The number of anilines is 1. The molecular formula is C28H24Cl2N4O2S. The van der Waals surface area contributed by atoms with Crippen LogP contribution in [0.4, 0.5) is 5.13 Å². The van der Waals surface area contributed by atoms with Crippen LogP contribution in [0.5, 0.6) is 11.5 Å². The van der Waals surface area contributed by atoms with Crippen molar-refractivity contribution in [2.75, 3.05) is 11.4 Å². The number of imidazole rings is 1. The molecule has 0 fully saturated rings. The van der Waals surface area contributed by atoms with Crippen molar-refractivity contribution in [1.82, 2.24) is 14.5 Å². The summed E-state index contributed by atoms with van der Waals surface area (Å²) in [4.78, 5) is 25.3. The molecule has 1 aliphatic heterocycles. The van der Waals surface area contributed by atoms with Crippen molar-refractivity contribution in [3.63, 3.8) is 0 Å². The second-order valence-electron chi connectivity index (χ2n) is 8.79. The Kier molecular flexibility index (Phi) is 7.20. The normalized spacial score (nSPS) is 12.4. The molecular weight excluding hydrogens is 527 g/mol. The minimum Gasteiger partial charge on any atom is -0.457 e. The number of ether oxygens (including phenoxy) is 1. The van der Waals surface area contributed by atoms with Gasteiger partial charge in [-0.3, -0.25) is 9.69 Å². The number of benzene rings is 3. The number of carbonyl (C=O) groups excluding carboxylic acids is 1. The fourth-order valence-electron chi connectivity index (χ4n) is 4.67. The highest BCUT2D eigenvalue weighted by atomic mass is 35.5. The number of rotatable bonds is 6. The molecule has 6 nitrogen and oxygen atoms in total. The van der Waals surface area contributed by atoms with E-state index in [9.17, 15) is 4.79 Å². The summed E-state index contributed by atoms with van der Waals surface area (Å²) in [6, 6.07) is 19.4. The van der Waals surface area contributed by atoms with E-state index in [1.165, 1.54) is 11.3 Å². The van der Waals surface area contributed by atoms with Gasteiger partial charge in [0.1, 0.15) is 11.5 Å². The Morgan fingerprint density at radius 2 is 1.78 bits per heavy atom. The zero-order valence-electron chi connectivity index (χ0n) is 20.0. The minimum atomic E-state index is -0.497. The van der Waals surface area contributed by atoms with Gasteiger partial charge in [-0.25, -0.2) is 9.97 Å². The lowest BCUT2D eigenvalue weighted by Crippen LogP contribution is -2.37. The summed E-state index contributed by atoms with van der Waals surface area (Å²) < 4.78 is 9.05. The summed E-state index contributed by atoms with van der Waals surface area (Å²) in [7, 11) is 0. The van der Waals surface area contributed by atoms with Gasteiger partial charge in [0.05, 0.1) is 27.5 Å². The first-order chi connectivity index (χ1) is 17.6. The molecule has 0 saturated heterocycles. The van der Waals surface area contributed by atoms with Gasteiger partial charge in [0.15, 0.2) is 5.13 Å². The van der Waals surface area contributed by atoms with E-state index in [2.05, 4.69) is 4.98 Å². The summed E-state index contributed by atoms with van der Waals surface area (Å²) in [5, 5.41) is 1.30. The van der Waals surface area contributed by atoms with Crippen molar-refractivity contribution in [2.24, 2.45) is 0 Å². The lowest BCUT2D eigenvalue weighted by molar-refractivity contribution is -0.119. The Morgan fingerprint density at radius 3 is 2.43 bits per heavy atom. The summed E-state index contributed by atoms with van der Waals surface area (Å²) in [6.45, 7) is 3.27. The van der Waals surface area contributed by atoms with E-state index in [-0.39, 0.29) is 18.3 Å². The Hall–Kier alpha value is -3.39. The highest BCUT2D eigenvalue weighted by Gasteiger charge is 2.36. The van der Waals surface area contributed by atoms with Crippen molar-refractivity contribution in [1.29, 1.82) is 0 Å². The second-order valence-corrected chi connectivity index (χ2v) is 10.2.